The molecule has 6 nitrogen and oxygen atoms in total. The Hall–Kier alpha value is -1.32. The predicted molar refractivity (Wildman–Crippen MR) is 99.1 cm³/mol. The standard InChI is InChI=1S/C16H20N6S2/c17-24-21-12-3-7-22(8-4-12)10-11-1-2-14-13(9-11)20-15-16(23-14)19-6-5-18-15/h1-2,5-6,9,12,21H,3-4,7-8,10,17H2,(H,18,20). The van der Waals surface area contributed by atoms with Gasteiger partial charge in [0, 0.05) is 42.0 Å². The number of hydrogen-bond donors (Lipinski definition) is 3. The molecule has 4 rings (SSSR count). The highest BCUT2D eigenvalue weighted by atomic mass is 32.2. The molecule has 0 spiro atoms. The second-order valence-electron chi connectivity index (χ2n) is 6.05. The molecule has 0 atom stereocenters. The summed E-state index contributed by atoms with van der Waals surface area (Å²) in [6.07, 6.45) is 5.74. The van der Waals surface area contributed by atoms with Crippen LogP contribution < -0.4 is 15.2 Å². The van der Waals surface area contributed by atoms with Crippen molar-refractivity contribution in [1.29, 1.82) is 0 Å². The van der Waals surface area contributed by atoms with Crippen LogP contribution in [-0.2, 0) is 6.54 Å². The number of rotatable bonds is 4. The van der Waals surface area contributed by atoms with Crippen molar-refractivity contribution < 1.29 is 0 Å². The van der Waals surface area contributed by atoms with Gasteiger partial charge in [0.1, 0.15) is 5.03 Å². The predicted octanol–water partition coefficient (Wildman–Crippen LogP) is 2.76. The van der Waals surface area contributed by atoms with Gasteiger partial charge in [-0.2, -0.15) is 0 Å². The van der Waals surface area contributed by atoms with Crippen LogP contribution in [0.2, 0.25) is 0 Å². The first kappa shape index (κ1) is 16.2. The van der Waals surface area contributed by atoms with Gasteiger partial charge >= 0.3 is 0 Å². The van der Waals surface area contributed by atoms with Gasteiger partial charge in [0.05, 0.1) is 5.69 Å². The maximum absolute atomic E-state index is 5.49. The number of benzene rings is 1. The molecule has 0 amide bonds. The van der Waals surface area contributed by atoms with Crippen molar-refractivity contribution in [1.82, 2.24) is 19.6 Å². The van der Waals surface area contributed by atoms with Crippen LogP contribution in [0.25, 0.3) is 0 Å². The lowest BCUT2D eigenvalue weighted by Gasteiger charge is -2.32. The molecule has 1 saturated heterocycles. The first-order valence-corrected chi connectivity index (χ1v) is 9.74. The largest absolute Gasteiger partial charge is 0.337 e. The van der Waals surface area contributed by atoms with Gasteiger partial charge in [-0.1, -0.05) is 17.8 Å². The molecule has 0 aliphatic carbocycles. The second kappa shape index (κ2) is 7.28. The number of fused-ring (bicyclic) bond motifs is 2. The normalized spacial score (nSPS) is 17.9. The summed E-state index contributed by atoms with van der Waals surface area (Å²) in [5.74, 6) is 0.846. The molecule has 3 heterocycles. The molecule has 1 aromatic carbocycles. The minimum absolute atomic E-state index is 0.535. The molecule has 8 heteroatoms. The first-order valence-electron chi connectivity index (χ1n) is 8.04. The molecular weight excluding hydrogens is 340 g/mol. The van der Waals surface area contributed by atoms with Gasteiger partial charge in [-0.3, -0.25) is 10.0 Å². The highest BCUT2D eigenvalue weighted by Crippen LogP contribution is 2.42. The van der Waals surface area contributed by atoms with Crippen molar-refractivity contribution >= 4 is 35.4 Å². The average molecular weight is 361 g/mol. The number of nitrogens with two attached hydrogens (primary N) is 1. The number of nitrogens with one attached hydrogen (secondary N) is 2. The lowest BCUT2D eigenvalue weighted by molar-refractivity contribution is 0.201. The van der Waals surface area contributed by atoms with E-state index in [1.807, 2.05) is 0 Å². The van der Waals surface area contributed by atoms with E-state index in [0.717, 1.165) is 49.0 Å². The number of nitrogens with zero attached hydrogens (tertiary/aromatic N) is 3. The van der Waals surface area contributed by atoms with Crippen LogP contribution in [0.5, 0.6) is 0 Å². The molecule has 0 bridgehead atoms. The zero-order chi connectivity index (χ0) is 16.4. The molecule has 1 aromatic heterocycles. The number of anilines is 2. The summed E-state index contributed by atoms with van der Waals surface area (Å²) in [5.41, 5.74) is 2.45. The van der Waals surface area contributed by atoms with Crippen LogP contribution in [-0.4, -0.2) is 34.0 Å². The third-order valence-electron chi connectivity index (χ3n) is 4.40. The smallest absolute Gasteiger partial charge is 0.163 e. The quantitative estimate of drug-likeness (QED) is 0.613. The van der Waals surface area contributed by atoms with Crippen molar-refractivity contribution in [3.05, 3.63) is 36.2 Å². The molecular formula is C16H20N6S2. The fourth-order valence-electron chi connectivity index (χ4n) is 3.14. The molecule has 24 heavy (non-hydrogen) atoms. The van der Waals surface area contributed by atoms with Crippen LogP contribution >= 0.6 is 23.9 Å². The Balaban J connectivity index is 1.42. The van der Waals surface area contributed by atoms with Crippen LogP contribution in [0.1, 0.15) is 18.4 Å². The average Bonchev–Trinajstić information content (AvgIpc) is 2.62. The van der Waals surface area contributed by atoms with E-state index in [0.29, 0.717) is 6.04 Å². The maximum Gasteiger partial charge on any atom is 0.163 e. The monoisotopic (exact) mass is 360 g/mol. The fraction of sp³-hybridized carbons (Fsp3) is 0.375. The zero-order valence-corrected chi connectivity index (χ0v) is 14.9. The summed E-state index contributed by atoms with van der Waals surface area (Å²) in [4.78, 5) is 12.4. The third-order valence-corrected chi connectivity index (χ3v) is 5.93. The van der Waals surface area contributed by atoms with Crippen LogP contribution in [0.4, 0.5) is 11.5 Å². The Morgan fingerprint density at radius 3 is 2.96 bits per heavy atom. The minimum Gasteiger partial charge on any atom is -0.337 e. The highest BCUT2D eigenvalue weighted by molar-refractivity contribution is 7.99. The van der Waals surface area contributed by atoms with Crippen molar-refractivity contribution in [2.45, 2.75) is 35.3 Å². The summed E-state index contributed by atoms with van der Waals surface area (Å²) >= 11 is 2.90. The van der Waals surface area contributed by atoms with E-state index >= 15 is 0 Å². The summed E-state index contributed by atoms with van der Waals surface area (Å²) in [5, 5.41) is 9.83. The zero-order valence-electron chi connectivity index (χ0n) is 13.2. The van der Waals surface area contributed by atoms with E-state index in [1.54, 1.807) is 24.2 Å². The first-order chi connectivity index (χ1) is 11.8. The van der Waals surface area contributed by atoms with Gasteiger partial charge in [-0.25, -0.2) is 14.7 Å². The summed E-state index contributed by atoms with van der Waals surface area (Å²) in [7, 11) is 0. The maximum atomic E-state index is 5.49. The van der Waals surface area contributed by atoms with E-state index in [2.05, 4.69) is 43.1 Å². The van der Waals surface area contributed by atoms with Gasteiger partial charge in [-0.15, -0.1) is 0 Å². The Morgan fingerprint density at radius 2 is 2.12 bits per heavy atom. The molecule has 0 radical (unpaired) electrons. The molecule has 2 aromatic rings. The SMILES string of the molecule is NSNC1CCN(Cc2ccc3c(c2)Nc2nccnc2S3)CC1. The molecule has 0 unspecified atom stereocenters. The summed E-state index contributed by atoms with van der Waals surface area (Å²) in [6.45, 7) is 3.19. The third kappa shape index (κ3) is 3.52. The summed E-state index contributed by atoms with van der Waals surface area (Å²) in [6, 6.07) is 7.17. The molecule has 0 saturated carbocycles. The van der Waals surface area contributed by atoms with Gasteiger partial charge in [0.25, 0.3) is 0 Å². The molecule has 1 fully saturated rings. The van der Waals surface area contributed by atoms with Gasteiger partial charge in [0.2, 0.25) is 0 Å². The lowest BCUT2D eigenvalue weighted by Crippen LogP contribution is -2.40. The van der Waals surface area contributed by atoms with Crippen molar-refractivity contribution in [2.75, 3.05) is 18.4 Å². The molecule has 126 valence electrons. The van der Waals surface area contributed by atoms with Crippen LogP contribution in [0.15, 0.2) is 40.5 Å². The van der Waals surface area contributed by atoms with E-state index < -0.39 is 0 Å². The lowest BCUT2D eigenvalue weighted by atomic mass is 10.1. The number of likely N-dealkylation sites (tertiary alicyclic amines) is 1. The van der Waals surface area contributed by atoms with Crippen molar-refractivity contribution in [2.24, 2.45) is 5.14 Å². The Kier molecular flexibility index (Phi) is 4.91. The number of aromatic nitrogens is 2. The van der Waals surface area contributed by atoms with Crippen LogP contribution in [0.3, 0.4) is 0 Å². The molecule has 4 N–H and O–H groups in total. The Labute approximate surface area is 150 Å². The van der Waals surface area contributed by atoms with E-state index in [1.165, 1.54) is 22.6 Å². The Morgan fingerprint density at radius 1 is 1.29 bits per heavy atom. The van der Waals surface area contributed by atoms with Gasteiger partial charge < -0.3 is 5.32 Å². The van der Waals surface area contributed by atoms with Gasteiger partial charge in [0.15, 0.2) is 5.82 Å². The second-order valence-corrected chi connectivity index (χ2v) is 7.56. The van der Waals surface area contributed by atoms with Crippen LogP contribution in [0, 0.1) is 0 Å². The molecule has 2 aliphatic rings. The van der Waals surface area contributed by atoms with E-state index in [9.17, 15) is 0 Å². The topological polar surface area (TPSA) is 79.1 Å². The fourth-order valence-corrected chi connectivity index (χ4v) is 4.45. The highest BCUT2D eigenvalue weighted by Gasteiger charge is 2.21. The van der Waals surface area contributed by atoms with Crippen molar-refractivity contribution in [3.63, 3.8) is 0 Å². The summed E-state index contributed by atoms with van der Waals surface area (Å²) < 4.78 is 3.26. The van der Waals surface area contributed by atoms with E-state index in [-0.39, 0.29) is 0 Å². The Bertz CT molecular complexity index is 717. The molecule has 2 aliphatic heterocycles. The van der Waals surface area contributed by atoms with Gasteiger partial charge in [-0.05, 0) is 43.6 Å². The van der Waals surface area contributed by atoms with E-state index in [4.69, 9.17) is 5.14 Å². The minimum atomic E-state index is 0.535. The number of hydrogen-bond acceptors (Lipinski definition) is 8. The van der Waals surface area contributed by atoms with Crippen molar-refractivity contribution in [3.8, 4) is 0 Å². The number of piperidine rings is 1.